The number of thiophene rings is 1. The first-order valence-electron chi connectivity index (χ1n) is 8.24. The van der Waals surface area contributed by atoms with Crippen molar-refractivity contribution in [2.45, 2.75) is 38.0 Å². The van der Waals surface area contributed by atoms with Gasteiger partial charge in [-0.1, -0.05) is 0 Å². The summed E-state index contributed by atoms with van der Waals surface area (Å²) in [5.74, 6) is 0.260. The molecule has 2 atom stereocenters. The molecule has 1 aliphatic heterocycles. The summed E-state index contributed by atoms with van der Waals surface area (Å²) in [7, 11) is 0. The maximum atomic E-state index is 12.4. The summed E-state index contributed by atoms with van der Waals surface area (Å²) in [5.41, 5.74) is 6.04. The number of nitrogens with one attached hydrogen (secondary N) is 2. The third kappa shape index (κ3) is 4.49. The van der Waals surface area contributed by atoms with Crippen molar-refractivity contribution in [1.82, 2.24) is 10.2 Å². The van der Waals surface area contributed by atoms with Gasteiger partial charge in [-0.2, -0.15) is 0 Å². The predicted octanol–water partition coefficient (Wildman–Crippen LogP) is 1.20. The van der Waals surface area contributed by atoms with Gasteiger partial charge in [-0.25, -0.2) is 4.79 Å². The van der Waals surface area contributed by atoms with Crippen LogP contribution in [0.3, 0.4) is 0 Å². The largest absolute Gasteiger partial charge is 0.465 e. The lowest BCUT2D eigenvalue weighted by molar-refractivity contribution is -0.125. The van der Waals surface area contributed by atoms with E-state index >= 15 is 0 Å². The molecule has 5 N–H and O–H groups in total. The smallest absolute Gasteiger partial charge is 0.408 e. The number of nitrogen functional groups attached to an aromatic ring is 1. The summed E-state index contributed by atoms with van der Waals surface area (Å²) in [6.07, 6.45) is 1.39. The van der Waals surface area contributed by atoms with E-state index < -0.39 is 12.1 Å². The van der Waals surface area contributed by atoms with Crippen LogP contribution in [0.1, 0.15) is 29.7 Å². The number of amides is 2. The first-order chi connectivity index (χ1) is 11.9. The second kappa shape index (κ2) is 7.40. The van der Waals surface area contributed by atoms with Crippen molar-refractivity contribution in [2.24, 2.45) is 11.7 Å². The first-order valence-corrected chi connectivity index (χ1v) is 9.12. The predicted molar refractivity (Wildman–Crippen MR) is 92.8 cm³/mol. The van der Waals surface area contributed by atoms with Gasteiger partial charge in [0.2, 0.25) is 5.91 Å². The molecular weight excluding hydrogens is 344 g/mol. The van der Waals surface area contributed by atoms with E-state index in [1.54, 1.807) is 11.4 Å². The Hall–Kier alpha value is -2.13. The van der Waals surface area contributed by atoms with Gasteiger partial charge in [-0.15, -0.1) is 11.3 Å². The normalized spacial score (nSPS) is 22.8. The van der Waals surface area contributed by atoms with Crippen LogP contribution in [0.5, 0.6) is 0 Å². The van der Waals surface area contributed by atoms with Gasteiger partial charge >= 0.3 is 6.09 Å². The lowest BCUT2D eigenvalue weighted by Gasteiger charge is -2.20. The number of carbonyl (C=O) groups is 2. The van der Waals surface area contributed by atoms with Crippen LogP contribution < -0.4 is 11.1 Å². The van der Waals surface area contributed by atoms with E-state index in [1.807, 2.05) is 0 Å². The fourth-order valence-electron chi connectivity index (χ4n) is 2.84. The zero-order valence-electron chi connectivity index (χ0n) is 13.7. The Morgan fingerprint density at radius 2 is 2.24 bits per heavy atom. The molecule has 8 nitrogen and oxygen atoms in total. The molecule has 2 amide bonds. The molecule has 1 aliphatic carbocycles. The van der Waals surface area contributed by atoms with E-state index in [0.717, 1.165) is 9.78 Å². The highest BCUT2D eigenvalue weighted by Gasteiger charge is 2.40. The molecule has 0 bridgehead atoms. The fraction of sp³-hybridized carbons (Fsp3) is 0.562. The Labute approximate surface area is 149 Å². The highest BCUT2D eigenvalue weighted by molar-refractivity contribution is 7.10. The molecule has 3 rings (SSSR count). The van der Waals surface area contributed by atoms with Gasteiger partial charge < -0.3 is 20.9 Å². The van der Waals surface area contributed by atoms with Gasteiger partial charge in [0, 0.05) is 28.8 Å². The molecule has 1 saturated heterocycles. The average molecular weight is 366 g/mol. The molecule has 1 aromatic heterocycles. The maximum absolute atomic E-state index is 12.4. The van der Waals surface area contributed by atoms with Crippen molar-refractivity contribution in [3.8, 4) is 0 Å². The monoisotopic (exact) mass is 366 g/mol. The molecule has 2 heterocycles. The molecule has 0 unspecified atom stereocenters. The van der Waals surface area contributed by atoms with Gasteiger partial charge in [0.1, 0.15) is 11.9 Å². The summed E-state index contributed by atoms with van der Waals surface area (Å²) in [4.78, 5) is 25.9. The van der Waals surface area contributed by atoms with E-state index in [0.29, 0.717) is 24.5 Å². The van der Waals surface area contributed by atoms with Gasteiger partial charge in [-0.05, 0) is 24.8 Å². The van der Waals surface area contributed by atoms with Crippen LogP contribution in [0.4, 0.5) is 4.79 Å². The standard InChI is InChI=1S/C16H22N4O4S/c17-14(18)10-3-12(25-8-10)5-19-15(21)13-4-11(6-20(13)16(22)23)24-7-9-1-2-9/h3,8-9,11,13H,1-2,4-7H2,(H3,17,18)(H,19,21)(H,22,23)/t11-,13+/m1/s1. The Morgan fingerprint density at radius 3 is 2.84 bits per heavy atom. The van der Waals surface area contributed by atoms with Crippen molar-refractivity contribution in [3.63, 3.8) is 0 Å². The third-order valence-corrected chi connectivity index (χ3v) is 5.41. The molecule has 2 fully saturated rings. The minimum atomic E-state index is -1.10. The zero-order chi connectivity index (χ0) is 18.0. The second-order valence-electron chi connectivity index (χ2n) is 6.52. The molecule has 25 heavy (non-hydrogen) atoms. The van der Waals surface area contributed by atoms with Crippen LogP contribution in [0.2, 0.25) is 0 Å². The maximum Gasteiger partial charge on any atom is 0.408 e. The van der Waals surface area contributed by atoms with E-state index in [4.69, 9.17) is 15.9 Å². The molecule has 2 aliphatic rings. The highest BCUT2D eigenvalue weighted by Crippen LogP contribution is 2.30. The SMILES string of the molecule is N=C(N)c1csc(CNC(=O)[C@@H]2C[C@@H](OCC3CC3)CN2C(=O)O)c1. The van der Waals surface area contributed by atoms with E-state index in [9.17, 15) is 14.7 Å². The number of hydrogen-bond acceptors (Lipinski definition) is 5. The number of nitrogens with zero attached hydrogens (tertiary/aromatic N) is 1. The van der Waals surface area contributed by atoms with Crippen molar-refractivity contribution < 1.29 is 19.4 Å². The Kier molecular flexibility index (Phi) is 5.24. The highest BCUT2D eigenvalue weighted by atomic mass is 32.1. The van der Waals surface area contributed by atoms with Crippen LogP contribution in [0.25, 0.3) is 0 Å². The molecule has 9 heteroatoms. The van der Waals surface area contributed by atoms with Gasteiger partial charge in [0.25, 0.3) is 0 Å². The summed E-state index contributed by atoms with van der Waals surface area (Å²) in [6, 6.07) is 1.02. The van der Waals surface area contributed by atoms with Crippen LogP contribution in [-0.4, -0.2) is 53.1 Å². The number of hydrogen-bond donors (Lipinski definition) is 4. The number of carbonyl (C=O) groups excluding carboxylic acids is 1. The minimum Gasteiger partial charge on any atom is -0.465 e. The number of carboxylic acid groups (broad SMARTS) is 1. The van der Waals surface area contributed by atoms with E-state index in [2.05, 4.69) is 5.32 Å². The quantitative estimate of drug-likeness (QED) is 0.426. The van der Waals surface area contributed by atoms with Crippen LogP contribution >= 0.6 is 11.3 Å². The number of likely N-dealkylation sites (tertiary alicyclic amines) is 1. The molecule has 136 valence electrons. The minimum absolute atomic E-state index is 0.0164. The van der Waals surface area contributed by atoms with Crippen molar-refractivity contribution in [1.29, 1.82) is 5.41 Å². The fourth-order valence-corrected chi connectivity index (χ4v) is 3.67. The van der Waals surface area contributed by atoms with Gasteiger partial charge in [0.15, 0.2) is 0 Å². The van der Waals surface area contributed by atoms with Gasteiger partial charge in [0.05, 0.1) is 19.2 Å². The molecule has 0 radical (unpaired) electrons. The zero-order valence-corrected chi connectivity index (χ0v) is 14.6. The number of ether oxygens (including phenoxy) is 1. The van der Waals surface area contributed by atoms with Gasteiger partial charge in [-0.3, -0.25) is 15.1 Å². The van der Waals surface area contributed by atoms with Crippen LogP contribution in [0.15, 0.2) is 11.4 Å². The summed E-state index contributed by atoms with van der Waals surface area (Å²) in [6.45, 7) is 1.16. The van der Waals surface area contributed by atoms with Crippen molar-refractivity contribution in [3.05, 3.63) is 21.9 Å². The van der Waals surface area contributed by atoms with Crippen LogP contribution in [0, 0.1) is 11.3 Å². The topological polar surface area (TPSA) is 129 Å². The summed E-state index contributed by atoms with van der Waals surface area (Å²) >= 11 is 1.40. The van der Waals surface area contributed by atoms with Crippen molar-refractivity contribution >= 4 is 29.2 Å². The second-order valence-corrected chi connectivity index (χ2v) is 7.51. The molecule has 1 aromatic rings. The van der Waals surface area contributed by atoms with E-state index in [1.165, 1.54) is 24.2 Å². The van der Waals surface area contributed by atoms with E-state index in [-0.39, 0.29) is 30.9 Å². The third-order valence-electron chi connectivity index (χ3n) is 4.48. The Morgan fingerprint density at radius 1 is 1.48 bits per heavy atom. The lowest BCUT2D eigenvalue weighted by Crippen LogP contribution is -2.45. The number of amidine groups is 1. The molecule has 0 spiro atoms. The Bertz CT molecular complexity index is 673. The Balaban J connectivity index is 1.54. The van der Waals surface area contributed by atoms with Crippen LogP contribution in [-0.2, 0) is 16.1 Å². The average Bonchev–Trinajstić information content (AvgIpc) is 3.11. The molecular formula is C16H22N4O4S. The van der Waals surface area contributed by atoms with Crippen molar-refractivity contribution in [2.75, 3.05) is 13.2 Å². The summed E-state index contributed by atoms with van der Waals surface area (Å²) < 4.78 is 5.76. The number of rotatable bonds is 7. The molecule has 0 aromatic carbocycles. The number of nitrogens with two attached hydrogens (primary N) is 1. The first kappa shape index (κ1) is 17.7. The lowest BCUT2D eigenvalue weighted by atomic mass is 10.2. The summed E-state index contributed by atoms with van der Waals surface area (Å²) in [5, 5.41) is 21.3. The molecule has 1 saturated carbocycles.